The van der Waals surface area contributed by atoms with Gasteiger partial charge < -0.3 is 0 Å². The normalized spacial score (nSPS) is 36.2. The highest BCUT2D eigenvalue weighted by atomic mass is 19.1. The van der Waals surface area contributed by atoms with Crippen LogP contribution in [0, 0.1) is 11.6 Å². The molecule has 2 atom stereocenters. The molecule has 3 aliphatic carbocycles. The van der Waals surface area contributed by atoms with Gasteiger partial charge in [0.15, 0.2) is 12.0 Å². The van der Waals surface area contributed by atoms with Crippen LogP contribution in [0.15, 0.2) is 23.0 Å². The highest BCUT2D eigenvalue weighted by Crippen LogP contribution is 2.67. The molecule has 3 saturated carbocycles. The standard InChI is InChI=1S/C16H13F4N3O/c17-9-1-8(2-10(18)3-9)12-4-11(19)13-21-23(14(24)22(12)13)16-5-15(20,6-16)7-16/h1-3,11-12H,4-7H2/t11-,12-,15?,16?/m0/s1. The molecule has 2 bridgehead atoms. The van der Waals surface area contributed by atoms with E-state index in [1.165, 1.54) is 4.68 Å². The van der Waals surface area contributed by atoms with E-state index in [1.54, 1.807) is 0 Å². The molecule has 126 valence electrons. The zero-order chi connectivity index (χ0) is 16.9. The van der Waals surface area contributed by atoms with Gasteiger partial charge in [-0.25, -0.2) is 27.0 Å². The first-order valence-electron chi connectivity index (χ1n) is 7.81. The Balaban J connectivity index is 1.61. The van der Waals surface area contributed by atoms with Crippen molar-refractivity contribution in [1.82, 2.24) is 14.3 Å². The Hall–Kier alpha value is -2.12. The van der Waals surface area contributed by atoms with Crippen molar-refractivity contribution in [3.8, 4) is 0 Å². The van der Waals surface area contributed by atoms with E-state index in [4.69, 9.17) is 0 Å². The fourth-order valence-corrected chi connectivity index (χ4v) is 4.51. The molecule has 3 fully saturated rings. The first kappa shape index (κ1) is 14.2. The molecule has 0 spiro atoms. The maximum Gasteiger partial charge on any atom is 0.347 e. The summed E-state index contributed by atoms with van der Waals surface area (Å²) >= 11 is 0. The summed E-state index contributed by atoms with van der Waals surface area (Å²) in [7, 11) is 0. The quantitative estimate of drug-likeness (QED) is 0.790. The molecule has 4 nitrogen and oxygen atoms in total. The maximum absolute atomic E-state index is 14.3. The lowest BCUT2D eigenvalue weighted by Crippen LogP contribution is -2.72. The van der Waals surface area contributed by atoms with Gasteiger partial charge in [-0.3, -0.25) is 4.57 Å². The summed E-state index contributed by atoms with van der Waals surface area (Å²) in [5.41, 5.74) is -2.22. The second-order valence-electron chi connectivity index (χ2n) is 7.25. The van der Waals surface area contributed by atoms with Crippen LogP contribution in [0.4, 0.5) is 17.6 Å². The van der Waals surface area contributed by atoms with Crippen molar-refractivity contribution in [1.29, 1.82) is 0 Å². The number of hydrogen-bond acceptors (Lipinski definition) is 2. The van der Waals surface area contributed by atoms with Gasteiger partial charge in [-0.15, -0.1) is 0 Å². The number of rotatable bonds is 2. The van der Waals surface area contributed by atoms with Crippen molar-refractivity contribution in [2.45, 2.75) is 49.1 Å². The molecule has 4 aliphatic rings. The molecular formula is C16H13F4N3O. The van der Waals surface area contributed by atoms with E-state index < -0.39 is 40.7 Å². The fraction of sp³-hybridized carbons (Fsp3) is 0.500. The lowest BCUT2D eigenvalue weighted by atomic mass is 9.47. The molecule has 0 N–H and O–H groups in total. The SMILES string of the molecule is O=c1n(C23CC(F)(C2)C3)nc2n1[C@H](c1cc(F)cc(F)c1)C[C@@H]2F. The van der Waals surface area contributed by atoms with Crippen LogP contribution < -0.4 is 5.69 Å². The second kappa shape index (κ2) is 4.10. The molecule has 0 saturated heterocycles. The molecule has 1 aromatic heterocycles. The summed E-state index contributed by atoms with van der Waals surface area (Å²) in [4.78, 5) is 12.7. The number of hydrogen-bond donors (Lipinski definition) is 0. The highest BCUT2D eigenvalue weighted by Gasteiger charge is 2.72. The predicted octanol–water partition coefficient (Wildman–Crippen LogP) is 2.93. The van der Waals surface area contributed by atoms with Gasteiger partial charge in [-0.1, -0.05) is 0 Å². The number of benzene rings is 1. The van der Waals surface area contributed by atoms with Crippen LogP contribution in [0.5, 0.6) is 0 Å². The summed E-state index contributed by atoms with van der Waals surface area (Å²) in [6.07, 6.45) is -0.949. The molecule has 2 heterocycles. The van der Waals surface area contributed by atoms with Crippen molar-refractivity contribution in [2.24, 2.45) is 0 Å². The molecule has 2 aromatic rings. The van der Waals surface area contributed by atoms with Gasteiger partial charge in [0.1, 0.15) is 17.3 Å². The number of nitrogens with zero attached hydrogens (tertiary/aromatic N) is 3. The average Bonchev–Trinajstić information content (AvgIpc) is 2.93. The Morgan fingerprint density at radius 3 is 2.33 bits per heavy atom. The van der Waals surface area contributed by atoms with Gasteiger partial charge in [0, 0.05) is 31.7 Å². The zero-order valence-electron chi connectivity index (χ0n) is 12.5. The van der Waals surface area contributed by atoms with Gasteiger partial charge in [-0.05, 0) is 17.7 Å². The molecular weight excluding hydrogens is 326 g/mol. The number of fused-ring (bicyclic) bond motifs is 1. The molecule has 0 amide bonds. The van der Waals surface area contributed by atoms with Crippen LogP contribution in [0.2, 0.25) is 0 Å². The van der Waals surface area contributed by atoms with Crippen LogP contribution in [-0.4, -0.2) is 20.0 Å². The van der Waals surface area contributed by atoms with Crippen LogP contribution >= 0.6 is 0 Å². The minimum Gasteiger partial charge on any atom is -0.269 e. The van der Waals surface area contributed by atoms with Gasteiger partial charge in [0.25, 0.3) is 0 Å². The topological polar surface area (TPSA) is 39.8 Å². The van der Waals surface area contributed by atoms with Gasteiger partial charge in [-0.2, -0.15) is 5.10 Å². The molecule has 0 unspecified atom stereocenters. The Bertz CT molecular complexity index is 894. The zero-order valence-corrected chi connectivity index (χ0v) is 12.5. The minimum absolute atomic E-state index is 0.0488. The first-order valence-corrected chi connectivity index (χ1v) is 7.81. The van der Waals surface area contributed by atoms with E-state index in [1.807, 2.05) is 0 Å². The monoisotopic (exact) mass is 339 g/mol. The van der Waals surface area contributed by atoms with Crippen molar-refractivity contribution >= 4 is 0 Å². The summed E-state index contributed by atoms with van der Waals surface area (Å²) in [6.45, 7) is 0. The van der Waals surface area contributed by atoms with Crippen molar-refractivity contribution in [2.75, 3.05) is 0 Å². The van der Waals surface area contributed by atoms with Crippen LogP contribution in [0.3, 0.4) is 0 Å². The number of alkyl halides is 2. The van der Waals surface area contributed by atoms with Crippen LogP contribution in [-0.2, 0) is 5.54 Å². The molecule has 24 heavy (non-hydrogen) atoms. The summed E-state index contributed by atoms with van der Waals surface area (Å²) < 4.78 is 57.4. The van der Waals surface area contributed by atoms with E-state index >= 15 is 0 Å². The van der Waals surface area contributed by atoms with Gasteiger partial charge in [0.2, 0.25) is 0 Å². The Kier molecular flexibility index (Phi) is 2.43. The van der Waals surface area contributed by atoms with E-state index in [0.717, 1.165) is 22.8 Å². The Morgan fingerprint density at radius 2 is 1.75 bits per heavy atom. The second-order valence-corrected chi connectivity index (χ2v) is 7.25. The molecule has 8 heteroatoms. The Labute approximate surface area is 133 Å². The maximum atomic E-state index is 14.3. The van der Waals surface area contributed by atoms with E-state index in [9.17, 15) is 22.4 Å². The van der Waals surface area contributed by atoms with Crippen molar-refractivity contribution < 1.29 is 17.6 Å². The molecule has 6 rings (SSSR count). The van der Waals surface area contributed by atoms with Crippen LogP contribution in [0.1, 0.15) is 49.3 Å². The summed E-state index contributed by atoms with van der Waals surface area (Å²) in [5.74, 6) is -1.62. The first-order chi connectivity index (χ1) is 11.3. The highest BCUT2D eigenvalue weighted by molar-refractivity contribution is 5.27. The van der Waals surface area contributed by atoms with Crippen molar-refractivity contribution in [3.63, 3.8) is 0 Å². The van der Waals surface area contributed by atoms with E-state index in [-0.39, 0.29) is 37.1 Å². The number of aromatic nitrogens is 3. The average molecular weight is 339 g/mol. The third-order valence-electron chi connectivity index (χ3n) is 5.52. The lowest BCUT2D eigenvalue weighted by Gasteiger charge is -2.64. The smallest absolute Gasteiger partial charge is 0.269 e. The molecule has 1 aliphatic heterocycles. The van der Waals surface area contributed by atoms with Crippen LogP contribution in [0.25, 0.3) is 0 Å². The lowest BCUT2D eigenvalue weighted by molar-refractivity contribution is -0.205. The number of halogens is 4. The summed E-state index contributed by atoms with van der Waals surface area (Å²) in [6, 6.07) is 2.10. The largest absolute Gasteiger partial charge is 0.347 e. The minimum atomic E-state index is -1.50. The Morgan fingerprint density at radius 1 is 1.12 bits per heavy atom. The van der Waals surface area contributed by atoms with Crippen molar-refractivity contribution in [3.05, 3.63) is 51.7 Å². The van der Waals surface area contributed by atoms with E-state index in [2.05, 4.69) is 5.10 Å². The fourth-order valence-electron chi connectivity index (χ4n) is 4.51. The summed E-state index contributed by atoms with van der Waals surface area (Å²) in [5, 5.41) is 4.09. The molecule has 1 aromatic carbocycles. The van der Waals surface area contributed by atoms with Gasteiger partial charge >= 0.3 is 5.69 Å². The third-order valence-corrected chi connectivity index (χ3v) is 5.52. The third kappa shape index (κ3) is 1.63. The van der Waals surface area contributed by atoms with Gasteiger partial charge in [0.05, 0.1) is 11.6 Å². The van der Waals surface area contributed by atoms with E-state index in [0.29, 0.717) is 0 Å². The predicted molar refractivity (Wildman–Crippen MR) is 75.1 cm³/mol. The molecule has 0 radical (unpaired) electrons.